The summed E-state index contributed by atoms with van der Waals surface area (Å²) in [6, 6.07) is 0. The fourth-order valence-corrected chi connectivity index (χ4v) is 2.05. The highest BCUT2D eigenvalue weighted by Crippen LogP contribution is 2.09. The molecule has 4 heteroatoms. The number of unbranched alkanes of at least 4 members (excludes halogenated alkanes) is 6. The van der Waals surface area contributed by atoms with E-state index >= 15 is 0 Å². The lowest BCUT2D eigenvalue weighted by Crippen LogP contribution is -2.16. The van der Waals surface area contributed by atoms with Crippen molar-refractivity contribution < 1.29 is 4.79 Å². The molecule has 0 saturated carbocycles. The molecular formula is C19H39N3O. The topological polar surface area (TPSA) is 67.5 Å². The number of carbonyl (C=O) groups is 1. The highest BCUT2D eigenvalue weighted by molar-refractivity contribution is 5.78. The minimum Gasteiger partial charge on any atom is -0.404 e. The van der Waals surface area contributed by atoms with E-state index in [1.54, 1.807) is 13.2 Å². The van der Waals surface area contributed by atoms with Crippen molar-refractivity contribution in [2.45, 2.75) is 79.1 Å². The third-order valence-corrected chi connectivity index (χ3v) is 3.57. The van der Waals surface area contributed by atoms with Gasteiger partial charge in [-0.1, -0.05) is 59.8 Å². The fourth-order valence-electron chi connectivity index (χ4n) is 2.05. The summed E-state index contributed by atoms with van der Waals surface area (Å²) in [7, 11) is 1.69. The molecule has 0 aromatic heterocycles. The Morgan fingerprint density at radius 3 is 2.04 bits per heavy atom. The first-order valence-electron chi connectivity index (χ1n) is 9.24. The zero-order valence-corrected chi connectivity index (χ0v) is 16.0. The Balaban J connectivity index is 0. The number of nitrogens with one attached hydrogen (secondary N) is 1. The van der Waals surface area contributed by atoms with Crippen LogP contribution in [0, 0.1) is 5.92 Å². The van der Waals surface area contributed by atoms with E-state index in [4.69, 9.17) is 5.73 Å². The molecule has 3 N–H and O–H groups in total. The SMILES string of the molecule is CC.CNC(=O)CCCCCCCCCN=C/C(=C\N)C(C)C. The van der Waals surface area contributed by atoms with Gasteiger partial charge in [0.15, 0.2) is 0 Å². The van der Waals surface area contributed by atoms with Crippen molar-refractivity contribution in [1.82, 2.24) is 5.32 Å². The molecule has 136 valence electrons. The third-order valence-electron chi connectivity index (χ3n) is 3.57. The third kappa shape index (κ3) is 16.9. The molecule has 4 nitrogen and oxygen atoms in total. The van der Waals surface area contributed by atoms with Crippen LogP contribution in [0.2, 0.25) is 0 Å². The van der Waals surface area contributed by atoms with Crippen molar-refractivity contribution in [3.05, 3.63) is 11.8 Å². The number of allylic oxidation sites excluding steroid dienone is 1. The number of carbonyl (C=O) groups excluding carboxylic acids is 1. The van der Waals surface area contributed by atoms with Crippen molar-refractivity contribution in [3.8, 4) is 0 Å². The summed E-state index contributed by atoms with van der Waals surface area (Å²) in [6.45, 7) is 9.13. The standard InChI is InChI=1S/C17H33N3O.C2H6/c1-15(2)16(13-18)14-20-12-10-8-6-4-5-7-9-11-17(21)19-3;1-2/h13-15H,4-12,18H2,1-3H3,(H,19,21);1-2H3/b16-13+,20-14?;. The van der Waals surface area contributed by atoms with E-state index in [9.17, 15) is 4.79 Å². The van der Waals surface area contributed by atoms with Gasteiger partial charge in [0.25, 0.3) is 0 Å². The highest BCUT2D eigenvalue weighted by atomic mass is 16.1. The van der Waals surface area contributed by atoms with Gasteiger partial charge in [-0.15, -0.1) is 0 Å². The van der Waals surface area contributed by atoms with Gasteiger partial charge in [0.2, 0.25) is 5.91 Å². The molecule has 0 rings (SSSR count). The number of hydrogen-bond acceptors (Lipinski definition) is 3. The molecule has 0 aromatic carbocycles. The molecule has 0 spiro atoms. The van der Waals surface area contributed by atoms with Crippen molar-refractivity contribution in [3.63, 3.8) is 0 Å². The van der Waals surface area contributed by atoms with Gasteiger partial charge in [0.05, 0.1) is 0 Å². The summed E-state index contributed by atoms with van der Waals surface area (Å²) in [6.07, 6.45) is 12.5. The number of hydrogen-bond donors (Lipinski definition) is 2. The van der Waals surface area contributed by atoms with Gasteiger partial charge in [-0.05, 0) is 30.5 Å². The molecule has 0 aliphatic carbocycles. The van der Waals surface area contributed by atoms with Crippen molar-refractivity contribution in [2.75, 3.05) is 13.6 Å². The van der Waals surface area contributed by atoms with Gasteiger partial charge in [-0.25, -0.2) is 0 Å². The molecular weight excluding hydrogens is 286 g/mol. The second-order valence-corrected chi connectivity index (χ2v) is 5.75. The van der Waals surface area contributed by atoms with E-state index in [-0.39, 0.29) is 5.91 Å². The van der Waals surface area contributed by atoms with E-state index in [0.29, 0.717) is 12.3 Å². The van der Waals surface area contributed by atoms with Crippen molar-refractivity contribution in [1.29, 1.82) is 0 Å². The van der Waals surface area contributed by atoms with Gasteiger partial charge in [0.1, 0.15) is 0 Å². The lowest BCUT2D eigenvalue weighted by atomic mass is 10.1. The molecule has 0 atom stereocenters. The summed E-state index contributed by atoms with van der Waals surface area (Å²) in [5.41, 5.74) is 6.65. The number of amides is 1. The van der Waals surface area contributed by atoms with E-state index < -0.39 is 0 Å². The largest absolute Gasteiger partial charge is 0.404 e. The van der Waals surface area contributed by atoms with Crippen molar-refractivity contribution in [2.24, 2.45) is 16.6 Å². The smallest absolute Gasteiger partial charge is 0.219 e. The molecule has 0 fully saturated rings. The Morgan fingerprint density at radius 2 is 1.57 bits per heavy atom. The van der Waals surface area contributed by atoms with Gasteiger partial charge >= 0.3 is 0 Å². The van der Waals surface area contributed by atoms with Crippen LogP contribution in [0.5, 0.6) is 0 Å². The first-order chi connectivity index (χ1) is 11.1. The highest BCUT2D eigenvalue weighted by Gasteiger charge is 1.98. The molecule has 0 aliphatic rings. The quantitative estimate of drug-likeness (QED) is 0.411. The van der Waals surface area contributed by atoms with Gasteiger partial charge in [-0.3, -0.25) is 9.79 Å². The second kappa shape index (κ2) is 18.7. The van der Waals surface area contributed by atoms with Crippen LogP contribution in [-0.4, -0.2) is 25.7 Å². The predicted octanol–water partition coefficient (Wildman–Crippen LogP) is 4.45. The molecule has 0 aliphatic heterocycles. The minimum absolute atomic E-state index is 0.153. The summed E-state index contributed by atoms with van der Waals surface area (Å²) < 4.78 is 0. The van der Waals surface area contributed by atoms with Gasteiger partial charge < -0.3 is 11.1 Å². The Hall–Kier alpha value is -1.32. The number of nitrogens with two attached hydrogens (primary N) is 1. The van der Waals surface area contributed by atoms with Crippen LogP contribution in [-0.2, 0) is 4.79 Å². The molecule has 0 radical (unpaired) electrons. The average Bonchev–Trinajstić information content (AvgIpc) is 2.57. The summed E-state index contributed by atoms with van der Waals surface area (Å²) in [5, 5.41) is 2.65. The Bertz CT molecular complexity index is 323. The van der Waals surface area contributed by atoms with Crippen LogP contribution in [0.1, 0.15) is 79.1 Å². The lowest BCUT2D eigenvalue weighted by Gasteiger charge is -2.04. The number of nitrogens with zero attached hydrogens (tertiary/aromatic N) is 1. The first kappa shape index (κ1) is 23.9. The molecule has 1 amide bonds. The normalized spacial score (nSPS) is 11.5. The average molecular weight is 326 g/mol. The minimum atomic E-state index is 0.153. The van der Waals surface area contributed by atoms with E-state index in [2.05, 4.69) is 24.2 Å². The summed E-state index contributed by atoms with van der Waals surface area (Å²) >= 11 is 0. The summed E-state index contributed by atoms with van der Waals surface area (Å²) in [4.78, 5) is 15.4. The zero-order valence-electron chi connectivity index (χ0n) is 16.0. The molecule has 23 heavy (non-hydrogen) atoms. The molecule has 0 bridgehead atoms. The van der Waals surface area contributed by atoms with Gasteiger partial charge in [-0.2, -0.15) is 0 Å². The van der Waals surface area contributed by atoms with Crippen LogP contribution in [0.4, 0.5) is 0 Å². The lowest BCUT2D eigenvalue weighted by molar-refractivity contribution is -0.120. The van der Waals surface area contributed by atoms with Crippen LogP contribution >= 0.6 is 0 Å². The van der Waals surface area contributed by atoms with Crippen LogP contribution < -0.4 is 11.1 Å². The predicted molar refractivity (Wildman–Crippen MR) is 103 cm³/mol. The monoisotopic (exact) mass is 325 g/mol. The molecule has 0 aromatic rings. The Morgan fingerprint density at radius 1 is 1.04 bits per heavy atom. The van der Waals surface area contributed by atoms with E-state index in [1.165, 1.54) is 25.7 Å². The van der Waals surface area contributed by atoms with Crippen molar-refractivity contribution >= 4 is 12.1 Å². The first-order valence-corrected chi connectivity index (χ1v) is 9.24. The Kier molecular flexibility index (Phi) is 19.5. The molecule has 0 unspecified atom stereocenters. The van der Waals surface area contributed by atoms with Crippen LogP contribution in [0.15, 0.2) is 16.8 Å². The molecule has 0 heterocycles. The fraction of sp³-hybridized carbons (Fsp3) is 0.789. The number of aliphatic imine (C=N–C) groups is 1. The van der Waals surface area contributed by atoms with Gasteiger partial charge in [0, 0.05) is 26.2 Å². The van der Waals surface area contributed by atoms with E-state index in [1.807, 2.05) is 20.1 Å². The van der Waals surface area contributed by atoms with E-state index in [0.717, 1.165) is 31.4 Å². The van der Waals surface area contributed by atoms with Crippen LogP contribution in [0.25, 0.3) is 0 Å². The maximum atomic E-state index is 11.0. The second-order valence-electron chi connectivity index (χ2n) is 5.75. The Labute approximate surface area is 144 Å². The zero-order chi connectivity index (χ0) is 17.9. The number of rotatable bonds is 12. The maximum Gasteiger partial charge on any atom is 0.219 e. The summed E-state index contributed by atoms with van der Waals surface area (Å²) in [5.74, 6) is 0.591. The van der Waals surface area contributed by atoms with Crippen LogP contribution in [0.3, 0.4) is 0 Å². The maximum absolute atomic E-state index is 11.0. The molecule has 0 saturated heterocycles.